The van der Waals surface area contributed by atoms with Crippen molar-refractivity contribution in [1.29, 1.82) is 0 Å². The fraction of sp³-hybridized carbons (Fsp3) is 0. The van der Waals surface area contributed by atoms with Crippen LogP contribution in [0.15, 0.2) is 34.9 Å². The van der Waals surface area contributed by atoms with Gasteiger partial charge >= 0.3 is 0 Å². The van der Waals surface area contributed by atoms with Crippen LogP contribution in [0.2, 0.25) is 5.02 Å². The number of halogens is 3. The summed E-state index contributed by atoms with van der Waals surface area (Å²) in [6.45, 7) is 0. The van der Waals surface area contributed by atoms with Crippen LogP contribution in [0.3, 0.4) is 0 Å². The van der Waals surface area contributed by atoms with Crippen LogP contribution in [0, 0.1) is 5.82 Å². The predicted molar refractivity (Wildman–Crippen MR) is 75.9 cm³/mol. The second-order valence-corrected chi connectivity index (χ2v) is 5.19. The standard InChI is InChI=1S/C12H7BrClFN4/c13-6-4-9-11(17-5-6)19(12(16)18-9)10-7(14)2-1-3-8(10)15/h1-5H,(H2,16,18). The van der Waals surface area contributed by atoms with E-state index in [2.05, 4.69) is 25.9 Å². The number of nitrogens with two attached hydrogens (primary N) is 1. The molecule has 96 valence electrons. The van der Waals surface area contributed by atoms with E-state index in [0.717, 1.165) is 4.47 Å². The molecule has 0 atom stereocenters. The smallest absolute Gasteiger partial charge is 0.207 e. The number of nitrogens with zero attached hydrogens (tertiary/aromatic N) is 3. The van der Waals surface area contributed by atoms with Crippen molar-refractivity contribution in [2.24, 2.45) is 0 Å². The molecule has 7 heteroatoms. The highest BCUT2D eigenvalue weighted by Crippen LogP contribution is 2.29. The molecule has 0 amide bonds. The number of para-hydroxylation sites is 1. The maximum absolute atomic E-state index is 14.0. The topological polar surface area (TPSA) is 56.7 Å². The van der Waals surface area contributed by atoms with Crippen molar-refractivity contribution in [3.05, 3.63) is 45.8 Å². The van der Waals surface area contributed by atoms with Crippen molar-refractivity contribution in [2.75, 3.05) is 5.73 Å². The number of fused-ring (bicyclic) bond motifs is 1. The molecule has 0 spiro atoms. The SMILES string of the molecule is Nc1nc2cc(Br)cnc2n1-c1c(F)cccc1Cl. The summed E-state index contributed by atoms with van der Waals surface area (Å²) in [5.74, 6) is -0.351. The number of benzene rings is 1. The molecule has 2 N–H and O–H groups in total. The lowest BCUT2D eigenvalue weighted by molar-refractivity contribution is 0.620. The summed E-state index contributed by atoms with van der Waals surface area (Å²) in [6, 6.07) is 6.18. The van der Waals surface area contributed by atoms with E-state index in [1.807, 2.05) is 0 Å². The van der Waals surface area contributed by atoms with Crippen molar-refractivity contribution in [3.8, 4) is 5.69 Å². The van der Waals surface area contributed by atoms with E-state index in [4.69, 9.17) is 17.3 Å². The van der Waals surface area contributed by atoms with Crippen LogP contribution in [-0.2, 0) is 0 Å². The van der Waals surface area contributed by atoms with E-state index in [9.17, 15) is 4.39 Å². The van der Waals surface area contributed by atoms with Gasteiger partial charge in [-0.1, -0.05) is 17.7 Å². The van der Waals surface area contributed by atoms with Crippen molar-refractivity contribution in [3.63, 3.8) is 0 Å². The van der Waals surface area contributed by atoms with E-state index in [1.54, 1.807) is 18.3 Å². The first-order chi connectivity index (χ1) is 9.08. The molecule has 4 nitrogen and oxygen atoms in total. The lowest BCUT2D eigenvalue weighted by atomic mass is 10.3. The molecule has 0 saturated heterocycles. The first kappa shape index (κ1) is 12.4. The van der Waals surface area contributed by atoms with Crippen LogP contribution in [0.4, 0.5) is 10.3 Å². The minimum Gasteiger partial charge on any atom is -0.369 e. The first-order valence-electron chi connectivity index (χ1n) is 5.32. The lowest BCUT2D eigenvalue weighted by Crippen LogP contribution is -2.04. The van der Waals surface area contributed by atoms with Crippen LogP contribution in [-0.4, -0.2) is 14.5 Å². The van der Waals surface area contributed by atoms with Gasteiger partial charge in [-0.3, -0.25) is 4.57 Å². The molecule has 0 unspecified atom stereocenters. The molecule has 0 aliphatic heterocycles. The molecule has 0 bridgehead atoms. The first-order valence-corrected chi connectivity index (χ1v) is 6.49. The summed E-state index contributed by atoms with van der Waals surface area (Å²) in [5, 5.41) is 0.246. The van der Waals surface area contributed by atoms with Crippen molar-refractivity contribution in [2.45, 2.75) is 0 Å². The monoisotopic (exact) mass is 340 g/mol. The Kier molecular flexibility index (Phi) is 2.91. The highest BCUT2D eigenvalue weighted by molar-refractivity contribution is 9.10. The minimum atomic E-state index is -0.483. The second kappa shape index (κ2) is 4.47. The average molecular weight is 342 g/mol. The van der Waals surface area contributed by atoms with Gasteiger partial charge in [-0.25, -0.2) is 14.4 Å². The average Bonchev–Trinajstić information content (AvgIpc) is 2.65. The summed E-state index contributed by atoms with van der Waals surface area (Å²) in [4.78, 5) is 8.36. The van der Waals surface area contributed by atoms with Gasteiger partial charge in [0, 0.05) is 10.7 Å². The molecule has 0 aliphatic rings. The molecule has 1 aromatic carbocycles. The Morgan fingerprint density at radius 2 is 2.16 bits per heavy atom. The van der Waals surface area contributed by atoms with E-state index in [-0.39, 0.29) is 16.7 Å². The van der Waals surface area contributed by atoms with Crippen molar-refractivity contribution in [1.82, 2.24) is 14.5 Å². The van der Waals surface area contributed by atoms with Gasteiger partial charge in [-0.05, 0) is 34.1 Å². The third-order valence-corrected chi connectivity index (χ3v) is 3.39. The highest BCUT2D eigenvalue weighted by atomic mass is 79.9. The molecule has 2 aromatic heterocycles. The fourth-order valence-electron chi connectivity index (χ4n) is 1.88. The van der Waals surface area contributed by atoms with E-state index >= 15 is 0 Å². The van der Waals surface area contributed by atoms with Gasteiger partial charge in [0.15, 0.2) is 5.65 Å². The zero-order chi connectivity index (χ0) is 13.6. The molecule has 3 aromatic rings. The van der Waals surface area contributed by atoms with Crippen molar-refractivity contribution >= 4 is 44.6 Å². The molecule has 0 radical (unpaired) electrons. The zero-order valence-corrected chi connectivity index (χ0v) is 11.8. The van der Waals surface area contributed by atoms with E-state index in [1.165, 1.54) is 16.7 Å². The van der Waals surface area contributed by atoms with Gasteiger partial charge in [-0.2, -0.15) is 0 Å². The maximum atomic E-state index is 14.0. The van der Waals surface area contributed by atoms with Gasteiger partial charge in [0.05, 0.1) is 5.02 Å². The third-order valence-electron chi connectivity index (χ3n) is 2.65. The molecule has 2 heterocycles. The quantitative estimate of drug-likeness (QED) is 0.736. The Morgan fingerprint density at radius 3 is 2.89 bits per heavy atom. The Bertz CT molecular complexity index is 766. The molecule has 0 saturated carbocycles. The number of imidazole rings is 1. The largest absolute Gasteiger partial charge is 0.369 e. The van der Waals surface area contributed by atoms with Gasteiger partial charge in [0.1, 0.15) is 17.0 Å². The summed E-state index contributed by atoms with van der Waals surface area (Å²) in [6.07, 6.45) is 1.59. The van der Waals surface area contributed by atoms with Gasteiger partial charge in [0.2, 0.25) is 5.95 Å². The number of anilines is 1. The summed E-state index contributed by atoms with van der Waals surface area (Å²) < 4.78 is 16.1. The van der Waals surface area contributed by atoms with Crippen LogP contribution in [0.5, 0.6) is 0 Å². The van der Waals surface area contributed by atoms with Crippen LogP contribution < -0.4 is 5.73 Å². The number of hydrogen-bond acceptors (Lipinski definition) is 3. The van der Waals surface area contributed by atoms with Gasteiger partial charge in [0.25, 0.3) is 0 Å². The van der Waals surface area contributed by atoms with Crippen LogP contribution in [0.1, 0.15) is 0 Å². The number of aromatic nitrogens is 3. The number of nitrogen functional groups attached to an aromatic ring is 1. The Morgan fingerprint density at radius 1 is 1.37 bits per heavy atom. The predicted octanol–water partition coefficient (Wildman–Crippen LogP) is 3.56. The Labute approximate surface area is 121 Å². The normalized spacial score (nSPS) is 11.1. The molecule has 0 fully saturated rings. The molecule has 19 heavy (non-hydrogen) atoms. The fourth-order valence-corrected chi connectivity index (χ4v) is 2.45. The number of rotatable bonds is 1. The summed E-state index contributed by atoms with van der Waals surface area (Å²) in [5.41, 5.74) is 7.01. The van der Waals surface area contributed by atoms with Gasteiger partial charge in [-0.15, -0.1) is 0 Å². The number of pyridine rings is 1. The Balaban J connectivity index is 2.40. The van der Waals surface area contributed by atoms with Crippen molar-refractivity contribution < 1.29 is 4.39 Å². The second-order valence-electron chi connectivity index (χ2n) is 3.87. The van der Waals surface area contributed by atoms with E-state index < -0.39 is 5.82 Å². The van der Waals surface area contributed by atoms with Gasteiger partial charge < -0.3 is 5.73 Å². The van der Waals surface area contributed by atoms with E-state index in [0.29, 0.717) is 11.2 Å². The maximum Gasteiger partial charge on any atom is 0.207 e. The summed E-state index contributed by atoms with van der Waals surface area (Å²) >= 11 is 9.34. The number of hydrogen-bond donors (Lipinski definition) is 1. The molecule has 0 aliphatic carbocycles. The Hall–Kier alpha value is -1.66. The van der Waals surface area contributed by atoms with Crippen LogP contribution >= 0.6 is 27.5 Å². The third kappa shape index (κ3) is 1.97. The minimum absolute atomic E-state index is 0.132. The van der Waals surface area contributed by atoms with Crippen LogP contribution in [0.25, 0.3) is 16.9 Å². The summed E-state index contributed by atoms with van der Waals surface area (Å²) in [7, 11) is 0. The molecular weight excluding hydrogens is 335 g/mol. The molecule has 3 rings (SSSR count). The highest BCUT2D eigenvalue weighted by Gasteiger charge is 2.17. The molecular formula is C12H7BrClFN4. The lowest BCUT2D eigenvalue weighted by Gasteiger charge is -2.08. The zero-order valence-electron chi connectivity index (χ0n) is 9.44.